The number of carbonyl (C=O) groups is 2. The number of amides is 2. The fraction of sp³-hybridized carbons (Fsp3) is 0.364. The highest BCUT2D eigenvalue weighted by Crippen LogP contribution is 2.40. The summed E-state index contributed by atoms with van der Waals surface area (Å²) in [6, 6.07) is 17.3. The second-order valence-corrected chi connectivity index (χ2v) is 7.63. The van der Waals surface area contributed by atoms with Crippen molar-refractivity contribution < 1.29 is 9.59 Å². The number of anilines is 3. The molecule has 2 fully saturated rings. The van der Waals surface area contributed by atoms with Crippen molar-refractivity contribution in [1.29, 1.82) is 0 Å². The third kappa shape index (κ3) is 4.34. The van der Waals surface area contributed by atoms with E-state index in [1.807, 2.05) is 54.6 Å². The van der Waals surface area contributed by atoms with Crippen molar-refractivity contribution in [3.63, 3.8) is 0 Å². The lowest BCUT2D eigenvalue weighted by Gasteiger charge is -2.34. The van der Waals surface area contributed by atoms with Crippen molar-refractivity contribution in [2.75, 3.05) is 48.8 Å². The maximum Gasteiger partial charge on any atom is 0.228 e. The predicted octanol–water partition coefficient (Wildman–Crippen LogP) is 2.65. The summed E-state index contributed by atoms with van der Waals surface area (Å²) in [5, 5.41) is 5.82. The van der Waals surface area contributed by atoms with E-state index in [2.05, 4.69) is 27.5 Å². The first-order valence-corrected chi connectivity index (χ1v) is 9.80. The summed E-state index contributed by atoms with van der Waals surface area (Å²) >= 11 is 0. The summed E-state index contributed by atoms with van der Waals surface area (Å²) in [5.74, 6) is -0.664. The van der Waals surface area contributed by atoms with Crippen LogP contribution < -0.4 is 15.5 Å². The van der Waals surface area contributed by atoms with E-state index in [0.717, 1.165) is 37.6 Å². The van der Waals surface area contributed by atoms with E-state index in [9.17, 15) is 9.59 Å². The molecule has 146 valence electrons. The molecule has 2 aliphatic rings. The number of hydrogen-bond acceptors (Lipinski definition) is 4. The van der Waals surface area contributed by atoms with Gasteiger partial charge in [-0.1, -0.05) is 18.2 Å². The molecule has 6 heteroatoms. The zero-order valence-electron chi connectivity index (χ0n) is 16.1. The van der Waals surface area contributed by atoms with Crippen LogP contribution >= 0.6 is 0 Å². The highest BCUT2D eigenvalue weighted by Gasteiger charge is 2.48. The van der Waals surface area contributed by atoms with Gasteiger partial charge in [0.1, 0.15) is 0 Å². The number of hydrogen-bond donors (Lipinski definition) is 2. The van der Waals surface area contributed by atoms with Crippen LogP contribution in [0.1, 0.15) is 6.42 Å². The van der Waals surface area contributed by atoms with Crippen LogP contribution in [0.2, 0.25) is 0 Å². The largest absolute Gasteiger partial charge is 0.369 e. The minimum Gasteiger partial charge on any atom is -0.369 e. The summed E-state index contributed by atoms with van der Waals surface area (Å²) in [6.45, 7) is 4.16. The molecule has 0 spiro atoms. The minimum atomic E-state index is -0.249. The third-order valence-corrected chi connectivity index (χ3v) is 5.51. The van der Waals surface area contributed by atoms with Crippen molar-refractivity contribution in [1.82, 2.24) is 4.90 Å². The van der Waals surface area contributed by atoms with Crippen molar-refractivity contribution >= 4 is 28.9 Å². The lowest BCUT2D eigenvalue weighted by Crippen LogP contribution is -2.44. The molecule has 1 aliphatic heterocycles. The van der Waals surface area contributed by atoms with Gasteiger partial charge >= 0.3 is 0 Å². The van der Waals surface area contributed by atoms with Gasteiger partial charge in [0.05, 0.1) is 11.8 Å². The van der Waals surface area contributed by atoms with Crippen molar-refractivity contribution in [3.8, 4) is 0 Å². The fourth-order valence-electron chi connectivity index (χ4n) is 3.59. The Morgan fingerprint density at radius 2 is 1.32 bits per heavy atom. The van der Waals surface area contributed by atoms with Gasteiger partial charge in [-0.3, -0.25) is 9.59 Å². The van der Waals surface area contributed by atoms with Gasteiger partial charge in [-0.2, -0.15) is 0 Å². The number of carbonyl (C=O) groups excluding carboxylic acids is 2. The number of benzene rings is 2. The Morgan fingerprint density at radius 3 is 1.89 bits per heavy atom. The lowest BCUT2D eigenvalue weighted by molar-refractivity contribution is -0.122. The van der Waals surface area contributed by atoms with Gasteiger partial charge in [0.15, 0.2) is 0 Å². The van der Waals surface area contributed by atoms with Crippen LogP contribution in [0.15, 0.2) is 54.6 Å². The molecule has 1 saturated carbocycles. The summed E-state index contributed by atoms with van der Waals surface area (Å²) in [7, 11) is 2.14. The second kappa shape index (κ2) is 8.02. The Morgan fingerprint density at radius 1 is 0.786 bits per heavy atom. The monoisotopic (exact) mass is 378 g/mol. The number of piperazine rings is 1. The molecule has 2 N–H and O–H groups in total. The lowest BCUT2D eigenvalue weighted by atomic mass is 10.2. The molecule has 1 saturated heterocycles. The molecule has 6 nitrogen and oxygen atoms in total. The normalized spacial score (nSPS) is 21.8. The molecule has 2 amide bonds. The quantitative estimate of drug-likeness (QED) is 0.840. The first kappa shape index (κ1) is 18.5. The Bertz CT molecular complexity index is 829. The number of nitrogens with one attached hydrogen (secondary N) is 2. The summed E-state index contributed by atoms with van der Waals surface area (Å²) in [4.78, 5) is 29.4. The average molecular weight is 378 g/mol. The first-order valence-electron chi connectivity index (χ1n) is 9.80. The van der Waals surface area contributed by atoms with Gasteiger partial charge in [0.25, 0.3) is 0 Å². The summed E-state index contributed by atoms with van der Waals surface area (Å²) in [6.07, 6.45) is 0.601. The molecule has 4 rings (SSSR count). The molecule has 0 radical (unpaired) electrons. The molecular weight excluding hydrogens is 352 g/mol. The van der Waals surface area contributed by atoms with Crippen LogP contribution in [0.4, 0.5) is 17.1 Å². The number of rotatable bonds is 5. The SMILES string of the molecule is CN1CCN(c2ccc(NC(=O)C3CC3C(=O)Nc3ccccc3)cc2)CC1. The van der Waals surface area contributed by atoms with E-state index in [1.54, 1.807) is 0 Å². The van der Waals surface area contributed by atoms with Gasteiger partial charge in [0.2, 0.25) is 11.8 Å². The zero-order chi connectivity index (χ0) is 19.5. The molecule has 2 atom stereocenters. The van der Waals surface area contributed by atoms with Gasteiger partial charge in [-0.05, 0) is 49.9 Å². The van der Waals surface area contributed by atoms with E-state index in [4.69, 9.17) is 0 Å². The van der Waals surface area contributed by atoms with Crippen LogP contribution in [0.5, 0.6) is 0 Å². The maximum atomic E-state index is 12.5. The Labute approximate surface area is 165 Å². The summed E-state index contributed by atoms with van der Waals surface area (Å²) in [5.41, 5.74) is 2.72. The third-order valence-electron chi connectivity index (χ3n) is 5.51. The van der Waals surface area contributed by atoms with Crippen LogP contribution in [-0.4, -0.2) is 49.9 Å². The van der Waals surface area contributed by atoms with Gasteiger partial charge in [-0.25, -0.2) is 0 Å². The average Bonchev–Trinajstić information content (AvgIpc) is 3.51. The van der Waals surface area contributed by atoms with Crippen molar-refractivity contribution in [3.05, 3.63) is 54.6 Å². The molecule has 2 aromatic rings. The van der Waals surface area contributed by atoms with Gasteiger partial charge in [-0.15, -0.1) is 0 Å². The van der Waals surface area contributed by atoms with E-state index in [-0.39, 0.29) is 23.7 Å². The number of nitrogens with zero attached hydrogens (tertiary/aromatic N) is 2. The number of para-hydroxylation sites is 1. The van der Waals surface area contributed by atoms with Crippen LogP contribution in [0.3, 0.4) is 0 Å². The molecule has 1 aliphatic carbocycles. The van der Waals surface area contributed by atoms with Gasteiger partial charge in [0, 0.05) is 43.2 Å². The van der Waals surface area contributed by atoms with E-state index in [0.29, 0.717) is 6.42 Å². The molecular formula is C22H26N4O2. The topological polar surface area (TPSA) is 64.7 Å². The second-order valence-electron chi connectivity index (χ2n) is 7.63. The number of likely N-dealkylation sites (N-methyl/N-ethyl adjacent to an activating group) is 1. The Hall–Kier alpha value is -2.86. The standard InChI is InChI=1S/C22H26N4O2/c1-25-11-13-26(14-12-25)18-9-7-17(8-10-18)24-22(28)20-15-19(20)21(27)23-16-5-3-2-4-6-16/h2-10,19-20H,11-15H2,1H3,(H,23,27)(H,24,28). The zero-order valence-corrected chi connectivity index (χ0v) is 16.1. The van der Waals surface area contributed by atoms with E-state index >= 15 is 0 Å². The van der Waals surface area contributed by atoms with Crippen LogP contribution in [-0.2, 0) is 9.59 Å². The van der Waals surface area contributed by atoms with Crippen molar-refractivity contribution in [2.24, 2.45) is 11.8 Å². The molecule has 0 bridgehead atoms. The highest BCUT2D eigenvalue weighted by molar-refractivity contribution is 6.03. The molecule has 28 heavy (non-hydrogen) atoms. The smallest absolute Gasteiger partial charge is 0.228 e. The molecule has 2 unspecified atom stereocenters. The summed E-state index contributed by atoms with van der Waals surface area (Å²) < 4.78 is 0. The van der Waals surface area contributed by atoms with Crippen LogP contribution in [0, 0.1) is 11.8 Å². The van der Waals surface area contributed by atoms with Crippen molar-refractivity contribution in [2.45, 2.75) is 6.42 Å². The highest BCUT2D eigenvalue weighted by atomic mass is 16.2. The van der Waals surface area contributed by atoms with Gasteiger partial charge < -0.3 is 20.4 Å². The van der Waals surface area contributed by atoms with E-state index < -0.39 is 0 Å². The molecule has 1 heterocycles. The maximum absolute atomic E-state index is 12.5. The molecule has 0 aromatic heterocycles. The predicted molar refractivity (Wildman–Crippen MR) is 111 cm³/mol. The fourth-order valence-corrected chi connectivity index (χ4v) is 3.59. The minimum absolute atomic E-state index is 0.0828. The first-order chi connectivity index (χ1) is 13.6. The molecule has 2 aromatic carbocycles. The van der Waals surface area contributed by atoms with Crippen LogP contribution in [0.25, 0.3) is 0 Å². The van der Waals surface area contributed by atoms with E-state index in [1.165, 1.54) is 5.69 Å². The Kier molecular flexibility index (Phi) is 5.30. The Balaban J connectivity index is 1.28.